The smallest absolute Gasteiger partial charge is 0.195 e. The van der Waals surface area contributed by atoms with Gasteiger partial charge in [-0.15, -0.1) is 0 Å². The molecule has 0 atom stereocenters. The summed E-state index contributed by atoms with van der Waals surface area (Å²) < 4.78 is 34.5. The van der Waals surface area contributed by atoms with E-state index in [1.54, 1.807) is 0 Å². The Morgan fingerprint density at radius 2 is 2.17 bits per heavy atom. The van der Waals surface area contributed by atoms with Crippen LogP contribution in [0.5, 0.6) is 0 Å². The number of hydrogen-bond donors (Lipinski definition) is 0. The van der Waals surface area contributed by atoms with Crippen LogP contribution >= 0.6 is 11.6 Å². The first kappa shape index (κ1) is 9.41. The van der Waals surface area contributed by atoms with Gasteiger partial charge in [-0.25, -0.2) is 17.8 Å². The fourth-order valence-electron chi connectivity index (χ4n) is 0.675. The summed E-state index contributed by atoms with van der Waals surface area (Å²) in [5.41, 5.74) is 0. The predicted octanol–water partition coefficient (Wildman–Crippen LogP) is 1.28. The van der Waals surface area contributed by atoms with E-state index in [-0.39, 0.29) is 5.02 Å². The first-order chi connectivity index (χ1) is 5.41. The van der Waals surface area contributed by atoms with E-state index in [4.69, 9.17) is 11.6 Å². The average molecular weight is 210 g/mol. The number of rotatable bonds is 1. The van der Waals surface area contributed by atoms with Crippen LogP contribution in [-0.2, 0) is 9.84 Å². The Labute approximate surface area is 74.1 Å². The summed E-state index contributed by atoms with van der Waals surface area (Å²) in [6.45, 7) is 0. The molecule has 0 radical (unpaired) electrons. The third-order valence-corrected chi connectivity index (χ3v) is 2.33. The molecule has 0 bridgehead atoms. The summed E-state index contributed by atoms with van der Waals surface area (Å²) in [5, 5.41) is -0.508. The lowest BCUT2D eigenvalue weighted by atomic mass is 10.5. The van der Waals surface area contributed by atoms with Crippen molar-refractivity contribution in [1.29, 1.82) is 0 Å². The van der Waals surface area contributed by atoms with E-state index in [9.17, 15) is 12.8 Å². The quantitative estimate of drug-likeness (QED) is 0.700. The molecule has 0 aliphatic carbocycles. The highest BCUT2D eigenvalue weighted by Crippen LogP contribution is 2.15. The Morgan fingerprint density at radius 3 is 2.58 bits per heavy atom. The predicted molar refractivity (Wildman–Crippen MR) is 42.3 cm³/mol. The summed E-state index contributed by atoms with van der Waals surface area (Å²) in [5.74, 6) is -0.926. The molecule has 0 saturated carbocycles. The fourth-order valence-corrected chi connectivity index (χ4v) is 1.48. The monoisotopic (exact) mass is 209 g/mol. The largest absolute Gasteiger partial charge is 0.241 e. The van der Waals surface area contributed by atoms with E-state index < -0.39 is 20.7 Å². The van der Waals surface area contributed by atoms with Gasteiger partial charge in [0.05, 0.1) is 5.02 Å². The zero-order valence-electron chi connectivity index (χ0n) is 6.08. The maximum atomic E-state index is 12.8. The number of aromatic nitrogens is 1. The van der Waals surface area contributed by atoms with Gasteiger partial charge in [-0.2, -0.15) is 0 Å². The first-order valence-corrected chi connectivity index (χ1v) is 5.19. The van der Waals surface area contributed by atoms with Crippen molar-refractivity contribution in [2.75, 3.05) is 6.26 Å². The van der Waals surface area contributed by atoms with Gasteiger partial charge in [-0.1, -0.05) is 11.6 Å². The number of nitrogens with zero attached hydrogens (tertiary/aromatic N) is 1. The topological polar surface area (TPSA) is 47.0 Å². The molecular weight excluding hydrogens is 205 g/mol. The minimum Gasteiger partial charge on any atom is -0.241 e. The van der Waals surface area contributed by atoms with Crippen LogP contribution in [0.2, 0.25) is 5.02 Å². The van der Waals surface area contributed by atoms with Crippen LogP contribution in [-0.4, -0.2) is 19.7 Å². The van der Waals surface area contributed by atoms with E-state index >= 15 is 0 Å². The minimum atomic E-state index is -3.60. The highest BCUT2D eigenvalue weighted by molar-refractivity contribution is 7.90. The van der Waals surface area contributed by atoms with Crippen molar-refractivity contribution >= 4 is 21.4 Å². The summed E-state index contributed by atoms with van der Waals surface area (Å²) in [6.07, 6.45) is 1.97. The molecule has 0 aromatic carbocycles. The molecule has 0 aliphatic rings. The standard InChI is InChI=1S/C6H5ClFNO2S/c1-12(10,11)6-5(8)2-4(7)3-9-6/h2-3H,1H3. The van der Waals surface area contributed by atoms with E-state index in [2.05, 4.69) is 4.98 Å². The molecule has 66 valence electrons. The molecule has 1 rings (SSSR count). The van der Waals surface area contributed by atoms with Gasteiger partial charge < -0.3 is 0 Å². The van der Waals surface area contributed by atoms with Crippen LogP contribution in [0.1, 0.15) is 0 Å². The van der Waals surface area contributed by atoms with Crippen molar-refractivity contribution < 1.29 is 12.8 Å². The van der Waals surface area contributed by atoms with Crippen molar-refractivity contribution in [2.45, 2.75) is 5.03 Å². The lowest BCUT2D eigenvalue weighted by molar-refractivity contribution is 0.557. The first-order valence-electron chi connectivity index (χ1n) is 2.92. The molecule has 0 spiro atoms. The SMILES string of the molecule is CS(=O)(=O)c1ncc(Cl)cc1F. The molecule has 0 amide bonds. The molecule has 0 aliphatic heterocycles. The molecule has 1 aromatic rings. The summed E-state index contributed by atoms with van der Waals surface area (Å²) >= 11 is 5.37. The number of pyridine rings is 1. The molecule has 1 aromatic heterocycles. The van der Waals surface area contributed by atoms with Gasteiger partial charge in [0, 0.05) is 12.5 Å². The highest BCUT2D eigenvalue weighted by Gasteiger charge is 2.14. The molecule has 0 saturated heterocycles. The van der Waals surface area contributed by atoms with Gasteiger partial charge in [0.2, 0.25) is 0 Å². The van der Waals surface area contributed by atoms with Crippen LogP contribution in [0.25, 0.3) is 0 Å². The molecule has 6 heteroatoms. The van der Waals surface area contributed by atoms with Gasteiger partial charge in [0.25, 0.3) is 0 Å². The van der Waals surface area contributed by atoms with Crippen molar-refractivity contribution in [3.63, 3.8) is 0 Å². The Balaban J connectivity index is 3.39. The zero-order valence-corrected chi connectivity index (χ0v) is 7.66. The molecule has 12 heavy (non-hydrogen) atoms. The van der Waals surface area contributed by atoms with Crippen LogP contribution < -0.4 is 0 Å². The van der Waals surface area contributed by atoms with Crippen molar-refractivity contribution in [3.05, 3.63) is 23.1 Å². The zero-order chi connectivity index (χ0) is 9.35. The normalized spacial score (nSPS) is 11.6. The van der Waals surface area contributed by atoms with E-state index in [0.29, 0.717) is 0 Å². The lowest BCUT2D eigenvalue weighted by Crippen LogP contribution is -2.03. The van der Waals surface area contributed by atoms with Crippen molar-refractivity contribution in [2.24, 2.45) is 0 Å². The van der Waals surface area contributed by atoms with E-state index in [0.717, 1.165) is 18.5 Å². The second-order valence-corrected chi connectivity index (χ2v) is 4.58. The van der Waals surface area contributed by atoms with E-state index in [1.165, 1.54) is 0 Å². The summed E-state index contributed by atoms with van der Waals surface area (Å²) in [4.78, 5) is 3.35. The Hall–Kier alpha value is -0.680. The Kier molecular flexibility index (Phi) is 2.34. The molecule has 0 unspecified atom stereocenters. The van der Waals surface area contributed by atoms with Gasteiger partial charge in [-0.05, 0) is 6.07 Å². The third-order valence-electron chi connectivity index (χ3n) is 1.13. The van der Waals surface area contributed by atoms with Gasteiger partial charge >= 0.3 is 0 Å². The van der Waals surface area contributed by atoms with Crippen LogP contribution in [0.4, 0.5) is 4.39 Å². The number of hydrogen-bond acceptors (Lipinski definition) is 3. The molecule has 0 fully saturated rings. The maximum absolute atomic E-state index is 12.8. The molecule has 3 nitrogen and oxygen atoms in total. The van der Waals surface area contributed by atoms with Gasteiger partial charge in [0.15, 0.2) is 20.7 Å². The van der Waals surface area contributed by atoms with Crippen LogP contribution in [0, 0.1) is 5.82 Å². The number of sulfone groups is 1. The van der Waals surface area contributed by atoms with Crippen LogP contribution in [0.3, 0.4) is 0 Å². The average Bonchev–Trinajstić information content (AvgIpc) is 1.83. The van der Waals surface area contributed by atoms with Crippen molar-refractivity contribution in [1.82, 2.24) is 4.98 Å². The molecule has 1 heterocycles. The second kappa shape index (κ2) is 2.99. The second-order valence-electron chi connectivity index (χ2n) is 2.21. The summed E-state index contributed by atoms with van der Waals surface area (Å²) in [7, 11) is -3.60. The minimum absolute atomic E-state index is 0.0694. The third kappa shape index (κ3) is 1.92. The number of halogens is 2. The molecule has 0 N–H and O–H groups in total. The highest BCUT2D eigenvalue weighted by atomic mass is 35.5. The van der Waals surface area contributed by atoms with E-state index in [1.807, 2.05) is 0 Å². The maximum Gasteiger partial charge on any atom is 0.195 e. The van der Waals surface area contributed by atoms with Gasteiger partial charge in [-0.3, -0.25) is 0 Å². The summed E-state index contributed by atoms with van der Waals surface area (Å²) in [6, 6.07) is 0.908. The van der Waals surface area contributed by atoms with Crippen molar-refractivity contribution in [3.8, 4) is 0 Å². The van der Waals surface area contributed by atoms with Gasteiger partial charge in [0.1, 0.15) is 0 Å². The van der Waals surface area contributed by atoms with Crippen LogP contribution in [0.15, 0.2) is 17.3 Å². The Morgan fingerprint density at radius 1 is 1.58 bits per heavy atom. The molecular formula is C6H5ClFNO2S. The fraction of sp³-hybridized carbons (Fsp3) is 0.167. The Bertz CT molecular complexity index is 404. The lowest BCUT2D eigenvalue weighted by Gasteiger charge is -1.98.